The summed E-state index contributed by atoms with van der Waals surface area (Å²) >= 11 is 6.15. The molecule has 6 rings (SSSR count). The van der Waals surface area contributed by atoms with Crippen LogP contribution >= 0.6 is 11.6 Å². The zero-order valence-corrected chi connectivity index (χ0v) is 17.3. The minimum absolute atomic E-state index is 0.274. The molecule has 31 heavy (non-hydrogen) atoms. The van der Waals surface area contributed by atoms with E-state index in [1.165, 1.54) is 0 Å². The van der Waals surface area contributed by atoms with Crippen molar-refractivity contribution < 1.29 is 9.13 Å². The topological polar surface area (TPSA) is 9.23 Å². The van der Waals surface area contributed by atoms with Crippen molar-refractivity contribution in [1.29, 1.82) is 0 Å². The lowest BCUT2D eigenvalue weighted by atomic mass is 9.70. The lowest BCUT2D eigenvalue weighted by molar-refractivity contribution is -0.0328. The average Bonchev–Trinajstić information content (AvgIpc) is 3.29. The first-order valence-corrected chi connectivity index (χ1v) is 10.6. The zero-order valence-electron chi connectivity index (χ0n) is 16.6. The molecule has 4 aromatic carbocycles. The first kappa shape index (κ1) is 18.6. The Bertz CT molecular complexity index is 1310. The molecule has 0 fully saturated rings. The molecule has 0 aliphatic carbocycles. The van der Waals surface area contributed by atoms with Gasteiger partial charge in [0.2, 0.25) is 0 Å². The summed E-state index contributed by atoms with van der Waals surface area (Å²) in [7, 11) is 0. The lowest BCUT2D eigenvalue weighted by Gasteiger charge is -2.31. The van der Waals surface area contributed by atoms with Gasteiger partial charge >= 0.3 is 0 Å². The van der Waals surface area contributed by atoms with Crippen LogP contribution < -0.4 is 0 Å². The van der Waals surface area contributed by atoms with Crippen LogP contribution in [0.1, 0.15) is 27.8 Å². The molecule has 2 bridgehead atoms. The van der Waals surface area contributed by atoms with Crippen molar-refractivity contribution in [3.05, 3.63) is 148 Å². The number of ether oxygens (including phenoxy) is 1. The number of fused-ring (bicyclic) bond motifs is 5. The molecular formula is C28H18ClFO. The molecule has 150 valence electrons. The predicted molar refractivity (Wildman–Crippen MR) is 121 cm³/mol. The highest BCUT2D eigenvalue weighted by atomic mass is 35.5. The van der Waals surface area contributed by atoms with Crippen molar-refractivity contribution in [2.24, 2.45) is 0 Å². The summed E-state index contributed by atoms with van der Waals surface area (Å²) in [6.45, 7) is 0. The van der Waals surface area contributed by atoms with Gasteiger partial charge in [-0.25, -0.2) is 4.39 Å². The van der Waals surface area contributed by atoms with E-state index in [2.05, 4.69) is 6.07 Å². The molecule has 0 saturated carbocycles. The third kappa shape index (κ3) is 2.35. The van der Waals surface area contributed by atoms with Crippen molar-refractivity contribution in [2.75, 3.05) is 0 Å². The quantitative estimate of drug-likeness (QED) is 0.336. The average molecular weight is 425 g/mol. The normalized spacial score (nSPS) is 23.8. The fraction of sp³-hybridized carbons (Fsp3) is 0.0714. The summed E-state index contributed by atoms with van der Waals surface area (Å²) in [4.78, 5) is 0. The van der Waals surface area contributed by atoms with Crippen LogP contribution in [0.3, 0.4) is 0 Å². The molecule has 1 nitrogen and oxygen atoms in total. The summed E-state index contributed by atoms with van der Waals surface area (Å²) < 4.78 is 23.7. The van der Waals surface area contributed by atoms with Crippen LogP contribution in [0.5, 0.6) is 0 Å². The second-order valence-electron chi connectivity index (χ2n) is 7.94. The molecule has 0 N–H and O–H groups in total. The van der Waals surface area contributed by atoms with E-state index < -0.39 is 11.2 Å². The summed E-state index contributed by atoms with van der Waals surface area (Å²) in [6.07, 6.45) is 0. The molecule has 0 unspecified atom stereocenters. The number of hydrogen-bond acceptors (Lipinski definition) is 1. The molecule has 0 radical (unpaired) electrons. The Morgan fingerprint density at radius 1 is 0.581 bits per heavy atom. The highest BCUT2D eigenvalue weighted by Gasteiger charge is 2.66. The van der Waals surface area contributed by atoms with Gasteiger partial charge in [-0.05, 0) is 34.4 Å². The van der Waals surface area contributed by atoms with Crippen molar-refractivity contribution in [2.45, 2.75) is 11.2 Å². The molecule has 0 saturated heterocycles. The van der Waals surface area contributed by atoms with Gasteiger partial charge in [0.05, 0.1) is 0 Å². The van der Waals surface area contributed by atoms with E-state index in [1.54, 1.807) is 12.1 Å². The van der Waals surface area contributed by atoms with Crippen LogP contribution in [0.15, 0.2) is 115 Å². The van der Waals surface area contributed by atoms with Crippen LogP contribution in [0.4, 0.5) is 4.39 Å². The maximum atomic E-state index is 16.7. The van der Waals surface area contributed by atoms with Gasteiger partial charge in [0.15, 0.2) is 5.60 Å². The molecule has 2 aliphatic rings. The summed E-state index contributed by atoms with van der Waals surface area (Å²) in [6, 6.07) is 34.8. The summed E-state index contributed by atoms with van der Waals surface area (Å²) in [5.41, 5.74) is 2.46. The number of halogens is 2. The molecule has 2 atom stereocenters. The first-order chi connectivity index (χ1) is 15.2. The largest absolute Gasteiger partial charge is 0.338 e. The van der Waals surface area contributed by atoms with E-state index in [0.29, 0.717) is 10.6 Å². The molecule has 4 aromatic rings. The Kier molecular flexibility index (Phi) is 3.98. The third-order valence-corrected chi connectivity index (χ3v) is 6.62. The lowest BCUT2D eigenvalue weighted by Crippen LogP contribution is -2.28. The maximum absolute atomic E-state index is 16.7. The van der Waals surface area contributed by atoms with Gasteiger partial charge in [-0.2, -0.15) is 0 Å². The van der Waals surface area contributed by atoms with Crippen molar-refractivity contribution in [3.63, 3.8) is 0 Å². The van der Waals surface area contributed by atoms with E-state index in [4.69, 9.17) is 16.3 Å². The second kappa shape index (κ2) is 6.65. The monoisotopic (exact) mass is 424 g/mol. The van der Waals surface area contributed by atoms with Gasteiger partial charge in [-0.15, -0.1) is 0 Å². The van der Waals surface area contributed by atoms with Gasteiger partial charge in [0.1, 0.15) is 11.4 Å². The Morgan fingerprint density at radius 2 is 1.06 bits per heavy atom. The molecular weight excluding hydrogens is 407 g/mol. The third-order valence-electron chi connectivity index (χ3n) is 6.37. The van der Waals surface area contributed by atoms with Gasteiger partial charge in [-0.3, -0.25) is 0 Å². The van der Waals surface area contributed by atoms with Gasteiger partial charge in [0.25, 0.3) is 0 Å². The van der Waals surface area contributed by atoms with E-state index in [-0.39, 0.29) is 5.83 Å². The standard InChI is InChI=1S/C28H18ClFO/c29-22-17-15-19(16-18-22)25-26(30)28(21-11-5-2-6-12-21)24-14-8-7-13-23(24)27(25,31-28)20-9-3-1-4-10-20/h1-18H/t27-,28+/m1/s1. The minimum Gasteiger partial charge on any atom is -0.338 e. The molecule has 2 aliphatic heterocycles. The number of hydrogen-bond donors (Lipinski definition) is 0. The van der Waals surface area contributed by atoms with Crippen molar-refractivity contribution in [1.82, 2.24) is 0 Å². The number of benzene rings is 4. The van der Waals surface area contributed by atoms with Crippen LogP contribution in [-0.2, 0) is 15.9 Å². The fourth-order valence-corrected chi connectivity index (χ4v) is 5.23. The highest BCUT2D eigenvalue weighted by Crippen LogP contribution is 2.68. The number of rotatable bonds is 3. The molecule has 2 heterocycles. The Balaban J connectivity index is 1.75. The molecule has 0 spiro atoms. The van der Waals surface area contributed by atoms with E-state index >= 15 is 4.39 Å². The van der Waals surface area contributed by atoms with E-state index in [0.717, 1.165) is 27.8 Å². The predicted octanol–water partition coefficient (Wildman–Crippen LogP) is 7.25. The van der Waals surface area contributed by atoms with Crippen LogP contribution in [-0.4, -0.2) is 0 Å². The smallest absolute Gasteiger partial charge is 0.172 e. The maximum Gasteiger partial charge on any atom is 0.172 e. The fourth-order valence-electron chi connectivity index (χ4n) is 5.11. The van der Waals surface area contributed by atoms with Crippen molar-refractivity contribution >= 4 is 17.2 Å². The Morgan fingerprint density at radius 3 is 1.65 bits per heavy atom. The SMILES string of the molecule is FC1=C(c2ccc(Cl)cc2)[C@]2(c3ccccc3)O[C@@]1(c1ccccc1)c1ccccc12. The first-order valence-electron chi connectivity index (χ1n) is 10.3. The van der Waals surface area contributed by atoms with Gasteiger partial charge in [-0.1, -0.05) is 109 Å². The molecule has 3 heteroatoms. The Labute approximate surface area is 185 Å². The van der Waals surface area contributed by atoms with Crippen molar-refractivity contribution in [3.8, 4) is 0 Å². The molecule has 0 amide bonds. The van der Waals surface area contributed by atoms with Crippen LogP contribution in [0.25, 0.3) is 5.57 Å². The Hall–Kier alpha value is -3.20. The van der Waals surface area contributed by atoms with Gasteiger partial charge in [0, 0.05) is 16.2 Å². The summed E-state index contributed by atoms with van der Waals surface area (Å²) in [5.74, 6) is -0.274. The second-order valence-corrected chi connectivity index (χ2v) is 8.37. The summed E-state index contributed by atoms with van der Waals surface area (Å²) in [5, 5.41) is 0.612. The van der Waals surface area contributed by atoms with Crippen LogP contribution in [0.2, 0.25) is 5.02 Å². The van der Waals surface area contributed by atoms with Crippen LogP contribution in [0, 0.1) is 0 Å². The van der Waals surface area contributed by atoms with E-state index in [1.807, 2.05) is 91.0 Å². The highest BCUT2D eigenvalue weighted by molar-refractivity contribution is 6.30. The van der Waals surface area contributed by atoms with Gasteiger partial charge < -0.3 is 4.74 Å². The van der Waals surface area contributed by atoms with E-state index in [9.17, 15) is 0 Å². The minimum atomic E-state index is -1.29. The zero-order chi connectivity index (χ0) is 21.1. The molecule has 0 aromatic heterocycles.